The maximum absolute atomic E-state index is 11.5. The van der Waals surface area contributed by atoms with Gasteiger partial charge in [-0.05, 0) is 42.5 Å². The molecule has 0 atom stereocenters. The fraction of sp³-hybridized carbons (Fsp3) is 0.235. The van der Waals surface area contributed by atoms with E-state index in [0.717, 1.165) is 5.56 Å². The fourth-order valence-corrected chi connectivity index (χ4v) is 2.77. The molecule has 104 valence electrons. The van der Waals surface area contributed by atoms with Crippen LogP contribution in [0, 0.1) is 13.8 Å². The molecule has 0 heterocycles. The van der Waals surface area contributed by atoms with E-state index in [4.69, 9.17) is 0 Å². The lowest BCUT2D eigenvalue weighted by Crippen LogP contribution is -2.08. The molecule has 20 heavy (non-hydrogen) atoms. The van der Waals surface area contributed by atoms with Crippen LogP contribution in [0.2, 0.25) is 0 Å². The third-order valence-electron chi connectivity index (χ3n) is 3.73. The third-order valence-corrected chi connectivity index (χ3v) is 3.73. The molecule has 0 amide bonds. The molecule has 3 heteroatoms. The molecular weight excluding hydrogens is 252 g/mol. The zero-order chi connectivity index (χ0) is 14.9. The van der Waals surface area contributed by atoms with E-state index in [1.165, 1.54) is 0 Å². The van der Waals surface area contributed by atoms with Crippen LogP contribution < -0.4 is 0 Å². The molecular formula is C17H18O3. The summed E-state index contributed by atoms with van der Waals surface area (Å²) in [6, 6.07) is 9.40. The Bertz CT molecular complexity index is 658. The topological polar surface area (TPSA) is 57.5 Å². The van der Waals surface area contributed by atoms with Crippen molar-refractivity contribution >= 4 is 5.97 Å². The van der Waals surface area contributed by atoms with E-state index in [1.54, 1.807) is 13.8 Å². The molecule has 2 N–H and O–H groups in total. The zero-order valence-electron chi connectivity index (χ0n) is 11.9. The number of hydrogen-bond acceptors (Lipinski definition) is 2. The molecule has 0 bridgehead atoms. The lowest BCUT2D eigenvalue weighted by Gasteiger charge is -2.18. The Hall–Kier alpha value is -2.29. The Kier molecular flexibility index (Phi) is 3.79. The number of aromatic hydroxyl groups is 1. The summed E-state index contributed by atoms with van der Waals surface area (Å²) in [5.41, 5.74) is 3.70. The average molecular weight is 270 g/mol. The lowest BCUT2D eigenvalue weighted by atomic mass is 9.87. The van der Waals surface area contributed by atoms with Gasteiger partial charge in [0.15, 0.2) is 0 Å². The first-order chi connectivity index (χ1) is 9.49. The van der Waals surface area contributed by atoms with Crippen molar-refractivity contribution in [2.45, 2.75) is 27.2 Å². The molecule has 0 radical (unpaired) electrons. The number of hydrogen-bond donors (Lipinski definition) is 2. The van der Waals surface area contributed by atoms with Crippen molar-refractivity contribution < 1.29 is 15.0 Å². The van der Waals surface area contributed by atoms with Gasteiger partial charge >= 0.3 is 5.97 Å². The SMILES string of the molecule is CCc1c(C)c(C(=O)O)c(C)c(-c2ccccc2)c1O. The first-order valence-corrected chi connectivity index (χ1v) is 6.62. The molecule has 0 saturated heterocycles. The van der Waals surface area contributed by atoms with E-state index in [-0.39, 0.29) is 5.75 Å². The van der Waals surface area contributed by atoms with Crippen LogP contribution in [0.25, 0.3) is 11.1 Å². The summed E-state index contributed by atoms with van der Waals surface area (Å²) >= 11 is 0. The normalized spacial score (nSPS) is 10.6. The van der Waals surface area contributed by atoms with Crippen LogP contribution in [0.3, 0.4) is 0 Å². The molecule has 2 aromatic rings. The van der Waals surface area contributed by atoms with Crippen LogP contribution in [0.15, 0.2) is 30.3 Å². The van der Waals surface area contributed by atoms with E-state index >= 15 is 0 Å². The number of carboxylic acids is 1. The molecule has 0 saturated carbocycles. The maximum Gasteiger partial charge on any atom is 0.336 e. The van der Waals surface area contributed by atoms with Gasteiger partial charge in [-0.2, -0.15) is 0 Å². The second kappa shape index (κ2) is 5.37. The summed E-state index contributed by atoms with van der Waals surface area (Å²) in [5, 5.41) is 20.0. The predicted octanol–water partition coefficient (Wildman–Crippen LogP) is 3.94. The van der Waals surface area contributed by atoms with Gasteiger partial charge < -0.3 is 10.2 Å². The van der Waals surface area contributed by atoms with Gasteiger partial charge in [-0.1, -0.05) is 37.3 Å². The summed E-state index contributed by atoms with van der Waals surface area (Å²) in [5.74, 6) is -0.759. The molecule has 0 aliphatic rings. The summed E-state index contributed by atoms with van der Waals surface area (Å²) in [6.45, 7) is 5.42. The highest BCUT2D eigenvalue weighted by Crippen LogP contribution is 2.39. The summed E-state index contributed by atoms with van der Waals surface area (Å²) in [6.07, 6.45) is 0.595. The van der Waals surface area contributed by atoms with Crippen molar-refractivity contribution in [2.75, 3.05) is 0 Å². The van der Waals surface area contributed by atoms with Crippen molar-refractivity contribution in [3.63, 3.8) is 0 Å². The smallest absolute Gasteiger partial charge is 0.336 e. The number of carbonyl (C=O) groups is 1. The summed E-state index contributed by atoms with van der Waals surface area (Å²) in [7, 11) is 0. The van der Waals surface area contributed by atoms with E-state index < -0.39 is 5.97 Å². The van der Waals surface area contributed by atoms with E-state index in [1.807, 2.05) is 37.3 Å². The fourth-order valence-electron chi connectivity index (χ4n) is 2.77. The van der Waals surface area contributed by atoms with Gasteiger partial charge in [0.05, 0.1) is 5.56 Å². The van der Waals surface area contributed by atoms with E-state index in [2.05, 4.69) is 0 Å². The van der Waals surface area contributed by atoms with Crippen molar-refractivity contribution in [3.05, 3.63) is 52.6 Å². The minimum atomic E-state index is -0.952. The number of phenolic OH excluding ortho intramolecular Hbond substituents is 1. The van der Waals surface area contributed by atoms with Gasteiger partial charge in [-0.3, -0.25) is 0 Å². The van der Waals surface area contributed by atoms with Crippen molar-refractivity contribution in [2.24, 2.45) is 0 Å². The van der Waals surface area contributed by atoms with Crippen molar-refractivity contribution in [3.8, 4) is 16.9 Å². The minimum absolute atomic E-state index is 0.193. The molecule has 0 aromatic heterocycles. The number of rotatable bonds is 3. The largest absolute Gasteiger partial charge is 0.507 e. The van der Waals surface area contributed by atoms with Gasteiger partial charge in [0.2, 0.25) is 0 Å². The molecule has 0 unspecified atom stereocenters. The summed E-state index contributed by atoms with van der Waals surface area (Å²) in [4.78, 5) is 11.5. The maximum atomic E-state index is 11.5. The van der Waals surface area contributed by atoms with Gasteiger partial charge in [-0.25, -0.2) is 4.79 Å². The summed E-state index contributed by atoms with van der Waals surface area (Å²) < 4.78 is 0. The molecule has 2 rings (SSSR count). The lowest BCUT2D eigenvalue weighted by molar-refractivity contribution is 0.0695. The molecule has 0 spiro atoms. The predicted molar refractivity (Wildman–Crippen MR) is 79.4 cm³/mol. The Morgan fingerprint density at radius 2 is 1.70 bits per heavy atom. The Labute approximate surface area is 118 Å². The Morgan fingerprint density at radius 3 is 2.20 bits per heavy atom. The standard InChI is InChI=1S/C17H18O3/c1-4-13-10(2)14(17(19)20)11(3)15(16(13)18)12-8-6-5-7-9-12/h5-9,18H,4H2,1-3H3,(H,19,20). The van der Waals surface area contributed by atoms with Crippen LogP contribution in [0.1, 0.15) is 34.0 Å². The van der Waals surface area contributed by atoms with Crippen LogP contribution in [0.4, 0.5) is 0 Å². The number of phenols is 1. The average Bonchev–Trinajstić information content (AvgIpc) is 2.39. The molecule has 3 nitrogen and oxygen atoms in total. The van der Waals surface area contributed by atoms with Gasteiger partial charge in [0, 0.05) is 5.56 Å². The van der Waals surface area contributed by atoms with E-state index in [9.17, 15) is 15.0 Å². The molecule has 0 aliphatic heterocycles. The van der Waals surface area contributed by atoms with Gasteiger partial charge in [0.1, 0.15) is 5.75 Å². The quantitative estimate of drug-likeness (QED) is 0.888. The van der Waals surface area contributed by atoms with Crippen LogP contribution in [-0.2, 0) is 6.42 Å². The van der Waals surface area contributed by atoms with Crippen molar-refractivity contribution in [1.82, 2.24) is 0 Å². The van der Waals surface area contributed by atoms with Crippen LogP contribution >= 0.6 is 0 Å². The number of carboxylic acid groups (broad SMARTS) is 1. The number of benzene rings is 2. The third kappa shape index (κ3) is 2.16. The van der Waals surface area contributed by atoms with Gasteiger partial charge in [0.25, 0.3) is 0 Å². The minimum Gasteiger partial charge on any atom is -0.507 e. The first-order valence-electron chi connectivity index (χ1n) is 6.62. The molecule has 2 aromatic carbocycles. The van der Waals surface area contributed by atoms with Crippen molar-refractivity contribution in [1.29, 1.82) is 0 Å². The first kappa shape index (κ1) is 14.1. The second-order valence-electron chi connectivity index (χ2n) is 4.85. The Balaban J connectivity index is 2.88. The highest BCUT2D eigenvalue weighted by Gasteiger charge is 2.22. The monoisotopic (exact) mass is 270 g/mol. The van der Waals surface area contributed by atoms with E-state index in [0.29, 0.717) is 34.2 Å². The Morgan fingerprint density at radius 1 is 1.10 bits per heavy atom. The zero-order valence-corrected chi connectivity index (χ0v) is 11.9. The highest BCUT2D eigenvalue weighted by atomic mass is 16.4. The second-order valence-corrected chi connectivity index (χ2v) is 4.85. The molecule has 0 fully saturated rings. The van der Waals surface area contributed by atoms with Gasteiger partial charge in [-0.15, -0.1) is 0 Å². The molecule has 0 aliphatic carbocycles. The highest BCUT2D eigenvalue weighted by molar-refractivity contribution is 5.96. The van der Waals surface area contributed by atoms with Crippen LogP contribution in [-0.4, -0.2) is 16.2 Å². The van der Waals surface area contributed by atoms with Crippen LogP contribution in [0.5, 0.6) is 5.75 Å². The number of aromatic carboxylic acids is 1.